The van der Waals surface area contributed by atoms with E-state index in [9.17, 15) is 14.5 Å². The quantitative estimate of drug-likeness (QED) is 0.655. The number of halogens is 1. The average molecular weight is 291 g/mol. The molecule has 0 amide bonds. The molecule has 2 N–H and O–H groups in total. The molecule has 1 unspecified atom stereocenters. The molecule has 2 rings (SSSR count). The molecule has 0 radical (unpaired) electrons. The van der Waals surface area contributed by atoms with Crippen molar-refractivity contribution in [1.29, 1.82) is 0 Å². The average Bonchev–Trinajstić information content (AvgIpc) is 2.87. The zero-order chi connectivity index (χ0) is 15.4. The molecule has 21 heavy (non-hydrogen) atoms. The highest BCUT2D eigenvalue weighted by atomic mass is 19.1. The van der Waals surface area contributed by atoms with E-state index in [0.29, 0.717) is 12.1 Å². The minimum Gasteiger partial charge on any atom is -0.350 e. The predicted octanol–water partition coefficient (Wildman–Crippen LogP) is 3.38. The molecule has 0 saturated heterocycles. The van der Waals surface area contributed by atoms with Gasteiger partial charge in [-0.05, 0) is 29.7 Å². The third-order valence-corrected chi connectivity index (χ3v) is 3.38. The Bertz CT molecular complexity index is 640. The van der Waals surface area contributed by atoms with Gasteiger partial charge >= 0.3 is 5.69 Å². The van der Waals surface area contributed by atoms with Crippen molar-refractivity contribution in [2.75, 3.05) is 0 Å². The number of benzene rings is 1. The molecule has 6 heteroatoms. The highest BCUT2D eigenvalue weighted by molar-refractivity contribution is 5.35. The Morgan fingerprint density at radius 2 is 2.19 bits per heavy atom. The van der Waals surface area contributed by atoms with Crippen molar-refractivity contribution in [1.82, 2.24) is 4.57 Å². The van der Waals surface area contributed by atoms with Gasteiger partial charge in [0.1, 0.15) is 0 Å². The molecule has 0 fully saturated rings. The molecule has 2 aromatic rings. The highest BCUT2D eigenvalue weighted by Gasteiger charge is 2.14. The van der Waals surface area contributed by atoms with Gasteiger partial charge in [0.05, 0.1) is 4.92 Å². The van der Waals surface area contributed by atoms with Crippen LogP contribution in [0, 0.1) is 15.9 Å². The van der Waals surface area contributed by atoms with Crippen LogP contribution in [0.1, 0.15) is 36.9 Å². The van der Waals surface area contributed by atoms with E-state index in [4.69, 9.17) is 5.73 Å². The molecular weight excluding hydrogens is 273 g/mol. The van der Waals surface area contributed by atoms with Gasteiger partial charge in [0.25, 0.3) is 0 Å². The van der Waals surface area contributed by atoms with Crippen molar-refractivity contribution in [3.63, 3.8) is 0 Å². The number of nitrogens with two attached hydrogens (primary N) is 1. The van der Waals surface area contributed by atoms with Gasteiger partial charge < -0.3 is 10.3 Å². The van der Waals surface area contributed by atoms with Crippen molar-refractivity contribution < 1.29 is 9.31 Å². The third-order valence-electron chi connectivity index (χ3n) is 3.38. The van der Waals surface area contributed by atoms with Crippen molar-refractivity contribution >= 4 is 5.69 Å². The molecule has 1 atom stereocenters. The third kappa shape index (κ3) is 3.66. The Kier molecular flexibility index (Phi) is 4.70. The summed E-state index contributed by atoms with van der Waals surface area (Å²) in [6.45, 7) is 2.53. The van der Waals surface area contributed by atoms with Gasteiger partial charge in [0, 0.05) is 31.0 Å². The van der Waals surface area contributed by atoms with Crippen molar-refractivity contribution in [3.05, 3.63) is 63.7 Å². The van der Waals surface area contributed by atoms with Gasteiger partial charge in [0.15, 0.2) is 0 Å². The van der Waals surface area contributed by atoms with Crippen molar-refractivity contribution in [3.8, 4) is 0 Å². The molecule has 0 saturated carbocycles. The first-order valence-corrected chi connectivity index (χ1v) is 6.85. The normalized spacial score (nSPS) is 12.3. The number of nitro groups is 1. The second-order valence-electron chi connectivity index (χ2n) is 5.06. The Hall–Kier alpha value is -2.21. The smallest absolute Gasteiger partial charge is 0.304 e. The summed E-state index contributed by atoms with van der Waals surface area (Å²) in [7, 11) is 0. The van der Waals surface area contributed by atoms with E-state index in [1.165, 1.54) is 12.1 Å². The second kappa shape index (κ2) is 6.49. The molecule has 1 heterocycles. The van der Waals surface area contributed by atoms with Gasteiger partial charge in [-0.15, -0.1) is 0 Å². The van der Waals surface area contributed by atoms with Crippen LogP contribution in [-0.2, 0) is 6.54 Å². The summed E-state index contributed by atoms with van der Waals surface area (Å²) < 4.78 is 15.5. The zero-order valence-corrected chi connectivity index (χ0v) is 11.8. The number of nitro benzene ring substituents is 1. The van der Waals surface area contributed by atoms with Gasteiger partial charge in [-0.3, -0.25) is 10.1 Å². The minimum atomic E-state index is -0.812. The van der Waals surface area contributed by atoms with Crippen LogP contribution in [0.2, 0.25) is 0 Å². The topological polar surface area (TPSA) is 74.1 Å². The second-order valence-corrected chi connectivity index (χ2v) is 5.06. The summed E-state index contributed by atoms with van der Waals surface area (Å²) in [5, 5.41) is 10.6. The lowest BCUT2D eigenvalue weighted by Gasteiger charge is -2.08. The van der Waals surface area contributed by atoms with Crippen LogP contribution in [0.5, 0.6) is 0 Å². The van der Waals surface area contributed by atoms with Crippen LogP contribution in [0.3, 0.4) is 0 Å². The first-order chi connectivity index (χ1) is 10.0. The first-order valence-electron chi connectivity index (χ1n) is 6.85. The van der Waals surface area contributed by atoms with Gasteiger partial charge in [-0.25, -0.2) is 0 Å². The molecule has 5 nitrogen and oxygen atoms in total. The standard InChI is InChI=1S/C15H18FN3O2/c1-2-3-14(17)12-6-7-18(10-12)9-11-4-5-15(19(20)21)13(16)8-11/h4-8,10,14H,2-3,9,17H2,1H3. The van der Waals surface area contributed by atoms with E-state index < -0.39 is 16.4 Å². The predicted molar refractivity (Wildman–Crippen MR) is 78.4 cm³/mol. The maximum absolute atomic E-state index is 13.6. The van der Waals surface area contributed by atoms with Gasteiger partial charge in [-0.2, -0.15) is 4.39 Å². The van der Waals surface area contributed by atoms with Gasteiger partial charge in [-0.1, -0.05) is 19.4 Å². The zero-order valence-electron chi connectivity index (χ0n) is 11.8. The molecule has 1 aromatic carbocycles. The monoisotopic (exact) mass is 291 g/mol. The fourth-order valence-electron chi connectivity index (χ4n) is 2.26. The summed E-state index contributed by atoms with van der Waals surface area (Å²) in [6, 6.07) is 5.90. The van der Waals surface area contributed by atoms with Crippen LogP contribution >= 0.6 is 0 Å². The van der Waals surface area contributed by atoms with E-state index >= 15 is 0 Å². The molecule has 0 spiro atoms. The number of aromatic nitrogens is 1. The summed E-state index contributed by atoms with van der Waals surface area (Å²) >= 11 is 0. The maximum atomic E-state index is 13.6. The Morgan fingerprint density at radius 1 is 1.43 bits per heavy atom. The van der Waals surface area contributed by atoms with E-state index in [2.05, 4.69) is 6.92 Å². The number of hydrogen-bond acceptors (Lipinski definition) is 3. The Balaban J connectivity index is 2.12. The fourth-order valence-corrected chi connectivity index (χ4v) is 2.26. The first kappa shape index (κ1) is 15.2. The molecule has 0 bridgehead atoms. The van der Waals surface area contributed by atoms with Crippen molar-refractivity contribution in [2.45, 2.75) is 32.4 Å². The van der Waals surface area contributed by atoms with E-state index in [-0.39, 0.29) is 6.04 Å². The van der Waals surface area contributed by atoms with E-state index in [0.717, 1.165) is 18.4 Å². The van der Waals surface area contributed by atoms with Crippen molar-refractivity contribution in [2.24, 2.45) is 5.73 Å². The number of nitrogens with zero attached hydrogens (tertiary/aromatic N) is 2. The van der Waals surface area contributed by atoms with Crippen LogP contribution in [0.4, 0.5) is 10.1 Å². The van der Waals surface area contributed by atoms with Crippen LogP contribution < -0.4 is 5.73 Å². The van der Waals surface area contributed by atoms with Gasteiger partial charge in [0.2, 0.25) is 5.82 Å². The van der Waals surface area contributed by atoms with E-state index in [1.807, 2.05) is 23.0 Å². The highest BCUT2D eigenvalue weighted by Crippen LogP contribution is 2.20. The lowest BCUT2D eigenvalue weighted by atomic mass is 10.1. The fraction of sp³-hybridized carbons (Fsp3) is 0.333. The maximum Gasteiger partial charge on any atom is 0.304 e. The minimum absolute atomic E-state index is 0.00449. The number of rotatable bonds is 6. The largest absolute Gasteiger partial charge is 0.350 e. The Morgan fingerprint density at radius 3 is 2.81 bits per heavy atom. The number of hydrogen-bond donors (Lipinski definition) is 1. The summed E-state index contributed by atoms with van der Waals surface area (Å²) in [4.78, 5) is 9.85. The van der Waals surface area contributed by atoms with Crippen LogP contribution in [0.15, 0.2) is 36.7 Å². The molecule has 112 valence electrons. The summed E-state index contributed by atoms with van der Waals surface area (Å²) in [5.41, 5.74) is 7.25. The van der Waals surface area contributed by atoms with Crippen LogP contribution in [-0.4, -0.2) is 9.49 Å². The van der Waals surface area contributed by atoms with E-state index in [1.54, 1.807) is 6.07 Å². The van der Waals surface area contributed by atoms with Crippen LogP contribution in [0.25, 0.3) is 0 Å². The summed E-state index contributed by atoms with van der Waals surface area (Å²) in [6.07, 6.45) is 5.74. The Labute approximate surface area is 122 Å². The lowest BCUT2D eigenvalue weighted by Crippen LogP contribution is -2.08. The molecule has 0 aliphatic rings. The molecular formula is C15H18FN3O2. The lowest BCUT2D eigenvalue weighted by molar-refractivity contribution is -0.387. The molecule has 0 aliphatic carbocycles. The summed E-state index contributed by atoms with van der Waals surface area (Å²) in [5.74, 6) is -0.812. The SMILES string of the molecule is CCCC(N)c1ccn(Cc2ccc([N+](=O)[O-])c(F)c2)c1. The molecule has 0 aliphatic heterocycles. The molecule has 1 aromatic heterocycles.